The first-order valence-corrected chi connectivity index (χ1v) is 6.24. The maximum absolute atomic E-state index is 11.8. The van der Waals surface area contributed by atoms with Crippen molar-refractivity contribution in [3.63, 3.8) is 0 Å². The van der Waals surface area contributed by atoms with E-state index in [1.165, 1.54) is 6.08 Å². The van der Waals surface area contributed by atoms with Gasteiger partial charge in [-0.1, -0.05) is 30.3 Å². The van der Waals surface area contributed by atoms with Gasteiger partial charge in [0.2, 0.25) is 0 Å². The average Bonchev–Trinajstić information content (AvgIpc) is 3.13. The molecule has 0 atom stereocenters. The summed E-state index contributed by atoms with van der Waals surface area (Å²) in [5.41, 5.74) is 6.77. The highest BCUT2D eigenvalue weighted by Crippen LogP contribution is 2.34. The summed E-state index contributed by atoms with van der Waals surface area (Å²) >= 11 is 0. The van der Waals surface area contributed by atoms with Gasteiger partial charge in [-0.25, -0.2) is 4.79 Å². The van der Waals surface area contributed by atoms with E-state index in [-0.39, 0.29) is 5.97 Å². The third-order valence-corrected chi connectivity index (χ3v) is 3.16. The molecule has 2 rings (SSSR count). The van der Waals surface area contributed by atoms with E-state index < -0.39 is 5.60 Å². The average molecular weight is 245 g/mol. The molecule has 1 saturated carbocycles. The molecular weight excluding hydrogens is 226 g/mol. The minimum Gasteiger partial charge on any atom is -0.452 e. The van der Waals surface area contributed by atoms with Crippen molar-refractivity contribution in [2.45, 2.75) is 32.3 Å². The lowest BCUT2D eigenvalue weighted by atomic mass is 9.98. The van der Waals surface area contributed by atoms with Crippen molar-refractivity contribution in [1.29, 1.82) is 0 Å². The van der Waals surface area contributed by atoms with Gasteiger partial charge in [-0.2, -0.15) is 0 Å². The molecule has 1 aromatic rings. The van der Waals surface area contributed by atoms with Crippen LogP contribution in [0, 0.1) is 5.92 Å². The van der Waals surface area contributed by atoms with Crippen LogP contribution in [0.25, 0.3) is 0 Å². The molecule has 96 valence electrons. The molecule has 0 heterocycles. The molecule has 1 fully saturated rings. The van der Waals surface area contributed by atoms with Crippen LogP contribution >= 0.6 is 0 Å². The Hall–Kier alpha value is -1.77. The minimum absolute atomic E-state index is 0.367. The van der Waals surface area contributed by atoms with Crippen LogP contribution in [-0.4, -0.2) is 5.97 Å². The summed E-state index contributed by atoms with van der Waals surface area (Å²) in [5.74, 6) is 0.0191. The van der Waals surface area contributed by atoms with Crippen LogP contribution in [-0.2, 0) is 15.1 Å². The van der Waals surface area contributed by atoms with Crippen LogP contribution in [0.2, 0.25) is 0 Å². The lowest BCUT2D eigenvalue weighted by molar-refractivity contribution is -0.151. The quantitative estimate of drug-likeness (QED) is 0.655. The first-order valence-electron chi connectivity index (χ1n) is 6.24. The summed E-state index contributed by atoms with van der Waals surface area (Å²) in [6.07, 6.45) is 3.58. The maximum atomic E-state index is 11.8. The molecule has 3 nitrogen and oxygen atoms in total. The van der Waals surface area contributed by atoms with Crippen molar-refractivity contribution in [3.05, 3.63) is 47.7 Å². The van der Waals surface area contributed by atoms with E-state index >= 15 is 0 Å². The van der Waals surface area contributed by atoms with Gasteiger partial charge >= 0.3 is 5.97 Å². The van der Waals surface area contributed by atoms with Crippen LogP contribution in [0.4, 0.5) is 0 Å². The van der Waals surface area contributed by atoms with Gasteiger partial charge in [0.15, 0.2) is 0 Å². The zero-order valence-electron chi connectivity index (χ0n) is 10.8. The summed E-state index contributed by atoms with van der Waals surface area (Å²) in [7, 11) is 0. The Bertz CT molecular complexity index is 459. The van der Waals surface area contributed by atoms with E-state index in [4.69, 9.17) is 10.5 Å². The first-order chi connectivity index (χ1) is 8.49. The van der Waals surface area contributed by atoms with Crippen molar-refractivity contribution in [1.82, 2.24) is 0 Å². The highest BCUT2D eigenvalue weighted by atomic mass is 16.6. The molecule has 0 radical (unpaired) electrons. The molecule has 0 unspecified atom stereocenters. The zero-order chi connectivity index (χ0) is 13.2. The lowest BCUT2D eigenvalue weighted by Gasteiger charge is -2.25. The zero-order valence-corrected chi connectivity index (χ0v) is 10.8. The van der Waals surface area contributed by atoms with E-state index in [1.807, 2.05) is 44.2 Å². The van der Waals surface area contributed by atoms with E-state index in [9.17, 15) is 4.79 Å². The van der Waals surface area contributed by atoms with Gasteiger partial charge < -0.3 is 10.5 Å². The van der Waals surface area contributed by atoms with Crippen molar-refractivity contribution < 1.29 is 9.53 Å². The molecule has 1 aromatic carbocycles. The topological polar surface area (TPSA) is 52.3 Å². The normalized spacial score (nSPS) is 16.4. The molecular formula is C15H19NO2. The summed E-state index contributed by atoms with van der Waals surface area (Å²) in [5, 5.41) is 0. The summed E-state index contributed by atoms with van der Waals surface area (Å²) in [4.78, 5) is 11.8. The van der Waals surface area contributed by atoms with Gasteiger partial charge in [-0.05, 0) is 38.2 Å². The van der Waals surface area contributed by atoms with E-state index in [0.29, 0.717) is 11.6 Å². The number of nitrogens with two attached hydrogens (primary N) is 1. The van der Waals surface area contributed by atoms with Crippen molar-refractivity contribution in [2.24, 2.45) is 11.7 Å². The predicted molar refractivity (Wildman–Crippen MR) is 70.6 cm³/mol. The van der Waals surface area contributed by atoms with Crippen LogP contribution < -0.4 is 5.73 Å². The van der Waals surface area contributed by atoms with Crippen LogP contribution in [0.3, 0.4) is 0 Å². The van der Waals surface area contributed by atoms with Crippen LogP contribution in [0.15, 0.2) is 42.1 Å². The van der Waals surface area contributed by atoms with E-state index in [2.05, 4.69) is 0 Å². The Morgan fingerprint density at radius 2 is 1.94 bits per heavy atom. The van der Waals surface area contributed by atoms with Crippen molar-refractivity contribution in [3.8, 4) is 0 Å². The first kappa shape index (κ1) is 12.7. The molecule has 0 amide bonds. The minimum atomic E-state index is -0.640. The van der Waals surface area contributed by atoms with Crippen LogP contribution in [0.5, 0.6) is 0 Å². The molecule has 1 aliphatic rings. The van der Waals surface area contributed by atoms with Gasteiger partial charge in [0, 0.05) is 11.8 Å². The van der Waals surface area contributed by atoms with E-state index in [1.54, 1.807) is 0 Å². The van der Waals surface area contributed by atoms with Crippen LogP contribution in [0.1, 0.15) is 32.3 Å². The maximum Gasteiger partial charge on any atom is 0.333 e. The molecule has 0 bridgehead atoms. The Morgan fingerprint density at radius 1 is 1.33 bits per heavy atom. The van der Waals surface area contributed by atoms with Crippen molar-refractivity contribution in [2.75, 3.05) is 0 Å². The number of ether oxygens (including phenoxy) is 1. The number of benzene rings is 1. The second-order valence-electron chi connectivity index (χ2n) is 5.22. The van der Waals surface area contributed by atoms with Gasteiger partial charge in [0.1, 0.15) is 5.60 Å². The van der Waals surface area contributed by atoms with Gasteiger partial charge in [0.05, 0.1) is 0 Å². The number of carbonyl (C=O) groups excluding carboxylic acids is 1. The van der Waals surface area contributed by atoms with Gasteiger partial charge in [0.25, 0.3) is 0 Å². The fourth-order valence-corrected chi connectivity index (χ4v) is 1.85. The Labute approximate surface area is 108 Å². The molecule has 0 aromatic heterocycles. The Kier molecular flexibility index (Phi) is 3.41. The molecule has 0 spiro atoms. The predicted octanol–water partition coefficient (Wildman–Crippen LogP) is 2.72. The standard InChI is InChI=1S/C15H19NO2/c1-15(2,12-6-4-3-5-7-12)18-14(17)10-13(16)11-8-9-11/h3-7,10-11H,8-9,16H2,1-2H3/b13-10-. The summed E-state index contributed by atoms with van der Waals surface area (Å²) < 4.78 is 5.48. The molecule has 0 aliphatic heterocycles. The largest absolute Gasteiger partial charge is 0.452 e. The lowest BCUT2D eigenvalue weighted by Crippen LogP contribution is -2.25. The summed E-state index contributed by atoms with van der Waals surface area (Å²) in [6, 6.07) is 9.69. The smallest absolute Gasteiger partial charge is 0.333 e. The fraction of sp³-hybridized carbons (Fsp3) is 0.400. The molecule has 1 aliphatic carbocycles. The molecule has 3 heteroatoms. The third kappa shape index (κ3) is 3.13. The monoisotopic (exact) mass is 245 g/mol. The second-order valence-corrected chi connectivity index (χ2v) is 5.22. The molecule has 2 N–H and O–H groups in total. The molecule has 18 heavy (non-hydrogen) atoms. The number of esters is 1. The SMILES string of the molecule is CC(C)(OC(=O)/C=C(\N)C1CC1)c1ccccc1. The number of allylic oxidation sites excluding steroid dienone is 1. The van der Waals surface area contributed by atoms with Gasteiger partial charge in [-0.15, -0.1) is 0 Å². The number of hydrogen-bond donors (Lipinski definition) is 1. The number of carbonyl (C=O) groups is 1. The summed E-state index contributed by atoms with van der Waals surface area (Å²) in [6.45, 7) is 3.75. The van der Waals surface area contributed by atoms with Crippen molar-refractivity contribution >= 4 is 5.97 Å². The highest BCUT2D eigenvalue weighted by Gasteiger charge is 2.27. The van der Waals surface area contributed by atoms with Gasteiger partial charge in [-0.3, -0.25) is 0 Å². The molecule has 0 saturated heterocycles. The Morgan fingerprint density at radius 3 is 2.50 bits per heavy atom. The number of rotatable bonds is 4. The fourth-order valence-electron chi connectivity index (χ4n) is 1.85. The Balaban J connectivity index is 2.03. The van der Waals surface area contributed by atoms with E-state index in [0.717, 1.165) is 18.4 Å². The second kappa shape index (κ2) is 4.84. The third-order valence-electron chi connectivity index (χ3n) is 3.16. The highest BCUT2D eigenvalue weighted by molar-refractivity contribution is 5.83. The number of hydrogen-bond acceptors (Lipinski definition) is 3.